The second-order valence-electron chi connectivity index (χ2n) is 8.34. The van der Waals surface area contributed by atoms with Gasteiger partial charge in [0.15, 0.2) is 0 Å². The van der Waals surface area contributed by atoms with Crippen LogP contribution in [0, 0.1) is 0 Å². The van der Waals surface area contributed by atoms with Crippen LogP contribution in [0.25, 0.3) is 0 Å². The maximum Gasteiger partial charge on any atom is 0.223 e. The van der Waals surface area contributed by atoms with Gasteiger partial charge in [0.1, 0.15) is 0 Å². The largest absolute Gasteiger partial charge is 0.390 e. The van der Waals surface area contributed by atoms with Gasteiger partial charge in [0, 0.05) is 38.8 Å². The van der Waals surface area contributed by atoms with Gasteiger partial charge in [-0.15, -0.1) is 0 Å². The molecule has 0 radical (unpaired) electrons. The maximum absolute atomic E-state index is 12.5. The van der Waals surface area contributed by atoms with E-state index in [9.17, 15) is 9.90 Å². The molecule has 0 bridgehead atoms. The normalized spacial score (nSPS) is 23.4. The second kappa shape index (κ2) is 8.13. The SMILES string of the molecule is CC(C)N1CCC(CN2CCOCC2)(NC(=O)CC(C)(C)O)CC1. The molecule has 6 heteroatoms. The zero-order valence-electron chi connectivity index (χ0n) is 15.8. The van der Waals surface area contributed by atoms with E-state index in [4.69, 9.17) is 4.74 Å². The minimum Gasteiger partial charge on any atom is -0.390 e. The number of carbonyl (C=O) groups excluding carboxylic acids is 1. The molecular weight excluding hydrogens is 306 g/mol. The fraction of sp³-hybridized carbons (Fsp3) is 0.944. The van der Waals surface area contributed by atoms with Gasteiger partial charge in [0.25, 0.3) is 0 Å². The number of likely N-dealkylation sites (tertiary alicyclic amines) is 1. The van der Waals surface area contributed by atoms with Gasteiger partial charge in [-0.1, -0.05) is 0 Å². The lowest BCUT2D eigenvalue weighted by Crippen LogP contribution is -2.62. The number of amides is 1. The molecular formula is C18H35N3O3. The molecule has 140 valence electrons. The Morgan fingerprint density at radius 1 is 1.21 bits per heavy atom. The first-order valence-corrected chi connectivity index (χ1v) is 9.27. The molecule has 2 aliphatic rings. The average molecular weight is 341 g/mol. The van der Waals surface area contributed by atoms with Crippen molar-refractivity contribution < 1.29 is 14.6 Å². The Morgan fingerprint density at radius 3 is 2.29 bits per heavy atom. The molecule has 0 aromatic rings. The molecule has 0 aliphatic carbocycles. The molecule has 0 spiro atoms. The summed E-state index contributed by atoms with van der Waals surface area (Å²) in [6.07, 6.45) is 2.06. The first-order chi connectivity index (χ1) is 11.2. The lowest BCUT2D eigenvalue weighted by atomic mass is 9.85. The van der Waals surface area contributed by atoms with Crippen molar-refractivity contribution in [1.29, 1.82) is 0 Å². The molecule has 6 nitrogen and oxygen atoms in total. The quantitative estimate of drug-likeness (QED) is 0.749. The molecule has 2 fully saturated rings. The van der Waals surface area contributed by atoms with E-state index in [0.29, 0.717) is 6.04 Å². The lowest BCUT2D eigenvalue weighted by Gasteiger charge is -2.46. The smallest absolute Gasteiger partial charge is 0.223 e. The number of piperidine rings is 1. The number of hydrogen-bond donors (Lipinski definition) is 2. The predicted octanol–water partition coefficient (Wildman–Crippen LogP) is 0.839. The van der Waals surface area contributed by atoms with Crippen LogP contribution in [0.5, 0.6) is 0 Å². The average Bonchev–Trinajstić information content (AvgIpc) is 2.46. The number of nitrogens with zero attached hydrogens (tertiary/aromatic N) is 2. The molecule has 2 N–H and O–H groups in total. The molecule has 2 saturated heterocycles. The van der Waals surface area contributed by atoms with Gasteiger partial charge in [-0.2, -0.15) is 0 Å². The number of aliphatic hydroxyl groups is 1. The molecule has 0 unspecified atom stereocenters. The summed E-state index contributed by atoms with van der Waals surface area (Å²) in [5, 5.41) is 13.2. The van der Waals surface area contributed by atoms with Gasteiger partial charge in [-0.3, -0.25) is 9.69 Å². The molecule has 2 heterocycles. The van der Waals surface area contributed by atoms with Crippen LogP contribution < -0.4 is 5.32 Å². The Balaban J connectivity index is 2.02. The molecule has 2 aliphatic heterocycles. The van der Waals surface area contributed by atoms with E-state index >= 15 is 0 Å². The van der Waals surface area contributed by atoms with Gasteiger partial charge in [-0.25, -0.2) is 0 Å². The summed E-state index contributed by atoms with van der Waals surface area (Å²) < 4.78 is 5.45. The predicted molar refractivity (Wildman–Crippen MR) is 95.0 cm³/mol. The van der Waals surface area contributed by atoms with Crippen LogP contribution in [0.1, 0.15) is 47.0 Å². The Hall–Kier alpha value is -0.690. The number of hydrogen-bond acceptors (Lipinski definition) is 5. The fourth-order valence-corrected chi connectivity index (χ4v) is 3.71. The minimum absolute atomic E-state index is 0.0474. The van der Waals surface area contributed by atoms with E-state index in [-0.39, 0.29) is 17.9 Å². The third kappa shape index (κ3) is 5.99. The Bertz CT molecular complexity index is 406. The van der Waals surface area contributed by atoms with Crippen molar-refractivity contribution in [2.75, 3.05) is 45.9 Å². The summed E-state index contributed by atoms with van der Waals surface area (Å²) in [5.41, 5.74) is -1.16. The van der Waals surface area contributed by atoms with Crippen LogP contribution >= 0.6 is 0 Å². The minimum atomic E-state index is -0.969. The summed E-state index contributed by atoms with van der Waals surface area (Å²) in [6.45, 7) is 14.1. The highest BCUT2D eigenvalue weighted by molar-refractivity contribution is 5.77. The van der Waals surface area contributed by atoms with Crippen molar-refractivity contribution in [3.63, 3.8) is 0 Å². The molecule has 0 saturated carbocycles. The van der Waals surface area contributed by atoms with Gasteiger partial charge in [-0.05, 0) is 40.5 Å². The van der Waals surface area contributed by atoms with E-state index in [2.05, 4.69) is 29.0 Å². The number of nitrogens with one attached hydrogen (secondary N) is 1. The standard InChI is InChI=1S/C18H35N3O3/c1-15(2)21-7-5-18(6-8-21,14-20-9-11-24-12-10-20)19-16(22)13-17(3,4)23/h15,23H,5-14H2,1-4H3,(H,19,22). The molecule has 24 heavy (non-hydrogen) atoms. The van der Waals surface area contributed by atoms with Crippen molar-refractivity contribution in [3.05, 3.63) is 0 Å². The summed E-state index contributed by atoms with van der Waals surface area (Å²) in [5.74, 6) is -0.0474. The zero-order chi connectivity index (χ0) is 17.8. The van der Waals surface area contributed by atoms with Crippen molar-refractivity contribution >= 4 is 5.91 Å². The Labute approximate surface area is 146 Å². The van der Waals surface area contributed by atoms with Crippen molar-refractivity contribution in [2.24, 2.45) is 0 Å². The number of carbonyl (C=O) groups is 1. The molecule has 1 amide bonds. The Kier molecular flexibility index (Phi) is 6.65. The lowest BCUT2D eigenvalue weighted by molar-refractivity contribution is -0.128. The van der Waals surface area contributed by atoms with Crippen LogP contribution in [-0.4, -0.2) is 83.9 Å². The van der Waals surface area contributed by atoms with E-state index < -0.39 is 5.60 Å². The highest BCUT2D eigenvalue weighted by Crippen LogP contribution is 2.26. The first-order valence-electron chi connectivity index (χ1n) is 9.27. The summed E-state index contributed by atoms with van der Waals surface area (Å²) >= 11 is 0. The molecule has 0 atom stereocenters. The summed E-state index contributed by atoms with van der Waals surface area (Å²) in [6, 6.07) is 0.540. The third-order valence-corrected chi connectivity index (χ3v) is 5.11. The van der Waals surface area contributed by atoms with E-state index in [1.54, 1.807) is 13.8 Å². The van der Waals surface area contributed by atoms with Crippen LogP contribution in [0.15, 0.2) is 0 Å². The van der Waals surface area contributed by atoms with Gasteiger partial charge < -0.3 is 20.1 Å². The van der Waals surface area contributed by atoms with Gasteiger partial charge in [0.2, 0.25) is 5.91 Å². The maximum atomic E-state index is 12.5. The number of morpholine rings is 1. The topological polar surface area (TPSA) is 65.0 Å². The van der Waals surface area contributed by atoms with E-state index in [0.717, 1.165) is 58.8 Å². The van der Waals surface area contributed by atoms with E-state index in [1.165, 1.54) is 0 Å². The number of ether oxygens (including phenoxy) is 1. The van der Waals surface area contributed by atoms with Crippen molar-refractivity contribution in [3.8, 4) is 0 Å². The summed E-state index contributed by atoms with van der Waals surface area (Å²) in [7, 11) is 0. The zero-order valence-corrected chi connectivity index (χ0v) is 15.8. The highest BCUT2D eigenvalue weighted by Gasteiger charge is 2.38. The van der Waals surface area contributed by atoms with Crippen LogP contribution in [-0.2, 0) is 9.53 Å². The van der Waals surface area contributed by atoms with Crippen LogP contribution in [0.3, 0.4) is 0 Å². The monoisotopic (exact) mass is 341 g/mol. The molecule has 0 aromatic carbocycles. The van der Waals surface area contributed by atoms with Crippen molar-refractivity contribution in [1.82, 2.24) is 15.1 Å². The van der Waals surface area contributed by atoms with E-state index in [1.807, 2.05) is 0 Å². The van der Waals surface area contributed by atoms with Gasteiger partial charge in [0.05, 0.1) is 30.8 Å². The molecule has 0 aromatic heterocycles. The molecule has 2 rings (SSSR count). The summed E-state index contributed by atoms with van der Waals surface area (Å²) in [4.78, 5) is 17.3. The van der Waals surface area contributed by atoms with Gasteiger partial charge >= 0.3 is 0 Å². The highest BCUT2D eigenvalue weighted by atomic mass is 16.5. The fourth-order valence-electron chi connectivity index (χ4n) is 3.71. The van der Waals surface area contributed by atoms with Crippen molar-refractivity contribution in [2.45, 2.75) is 64.1 Å². The van der Waals surface area contributed by atoms with Crippen LogP contribution in [0.2, 0.25) is 0 Å². The van der Waals surface area contributed by atoms with Crippen LogP contribution in [0.4, 0.5) is 0 Å². The third-order valence-electron chi connectivity index (χ3n) is 5.11. The second-order valence-corrected chi connectivity index (χ2v) is 8.34. The Morgan fingerprint density at radius 2 is 1.79 bits per heavy atom. The first kappa shape index (κ1) is 19.6. The number of rotatable bonds is 6.